The summed E-state index contributed by atoms with van der Waals surface area (Å²) in [6.07, 6.45) is 4.43. The summed E-state index contributed by atoms with van der Waals surface area (Å²) in [5, 5.41) is 2.92. The summed E-state index contributed by atoms with van der Waals surface area (Å²) in [5.74, 6) is 0.357. The SMILES string of the molecule is Cc1nc(-c2ccc(S(=O)(=O)NC(CN)C3CCCC3)s2)cs1. The van der Waals surface area contributed by atoms with E-state index in [0.717, 1.165) is 41.3 Å². The smallest absolute Gasteiger partial charge is 0.250 e. The first-order valence-corrected chi connectivity index (χ1v) is 10.9. The molecular weight excluding hydrogens is 350 g/mol. The minimum atomic E-state index is -3.53. The highest BCUT2D eigenvalue weighted by Crippen LogP contribution is 2.32. The topological polar surface area (TPSA) is 85.1 Å². The van der Waals surface area contributed by atoms with E-state index < -0.39 is 10.0 Å². The minimum Gasteiger partial charge on any atom is -0.329 e. The molecule has 5 nitrogen and oxygen atoms in total. The van der Waals surface area contributed by atoms with Crippen LogP contribution in [0.1, 0.15) is 30.7 Å². The van der Waals surface area contributed by atoms with Crippen LogP contribution in [0.4, 0.5) is 0 Å². The van der Waals surface area contributed by atoms with Gasteiger partial charge in [0, 0.05) is 18.0 Å². The van der Waals surface area contributed by atoms with Crippen molar-refractivity contribution in [3.8, 4) is 10.6 Å². The highest BCUT2D eigenvalue weighted by Gasteiger charge is 2.29. The maximum atomic E-state index is 12.6. The number of nitrogens with two attached hydrogens (primary N) is 1. The first-order chi connectivity index (χ1) is 11.0. The molecule has 1 aliphatic carbocycles. The molecule has 0 amide bonds. The van der Waals surface area contributed by atoms with Crippen LogP contribution in [-0.4, -0.2) is 26.0 Å². The molecule has 1 unspecified atom stereocenters. The number of sulfonamides is 1. The molecule has 1 atom stereocenters. The first-order valence-electron chi connectivity index (χ1n) is 7.74. The van der Waals surface area contributed by atoms with Gasteiger partial charge in [0.1, 0.15) is 4.21 Å². The Balaban J connectivity index is 1.78. The number of thiazole rings is 1. The first kappa shape index (κ1) is 17.0. The molecule has 126 valence electrons. The Bertz CT molecular complexity index is 761. The summed E-state index contributed by atoms with van der Waals surface area (Å²) in [4.78, 5) is 5.29. The van der Waals surface area contributed by atoms with Crippen LogP contribution in [0.5, 0.6) is 0 Å². The summed E-state index contributed by atoms with van der Waals surface area (Å²) in [7, 11) is -3.53. The van der Waals surface area contributed by atoms with E-state index in [0.29, 0.717) is 16.7 Å². The van der Waals surface area contributed by atoms with Crippen molar-refractivity contribution in [3.05, 3.63) is 22.5 Å². The normalized spacial score (nSPS) is 17.7. The Morgan fingerprint density at radius 1 is 1.39 bits per heavy atom. The van der Waals surface area contributed by atoms with E-state index in [-0.39, 0.29) is 6.04 Å². The van der Waals surface area contributed by atoms with E-state index >= 15 is 0 Å². The lowest BCUT2D eigenvalue weighted by molar-refractivity contribution is 0.406. The van der Waals surface area contributed by atoms with E-state index in [1.54, 1.807) is 17.4 Å². The number of nitrogens with zero attached hydrogens (tertiary/aromatic N) is 1. The minimum absolute atomic E-state index is 0.172. The summed E-state index contributed by atoms with van der Waals surface area (Å²) in [6, 6.07) is 3.30. The van der Waals surface area contributed by atoms with E-state index in [9.17, 15) is 8.42 Å². The fourth-order valence-corrected chi connectivity index (χ4v) is 6.32. The third-order valence-corrected chi connectivity index (χ3v) is 8.11. The van der Waals surface area contributed by atoms with E-state index in [4.69, 9.17) is 5.73 Å². The van der Waals surface area contributed by atoms with Gasteiger partial charge >= 0.3 is 0 Å². The number of hydrogen-bond acceptors (Lipinski definition) is 6. The highest BCUT2D eigenvalue weighted by atomic mass is 32.2. The van der Waals surface area contributed by atoms with Crippen LogP contribution in [0, 0.1) is 12.8 Å². The molecular formula is C15H21N3O2S3. The number of aryl methyl sites for hydroxylation is 1. The van der Waals surface area contributed by atoms with Crippen molar-refractivity contribution in [2.75, 3.05) is 6.54 Å². The maximum absolute atomic E-state index is 12.6. The number of hydrogen-bond donors (Lipinski definition) is 2. The lowest BCUT2D eigenvalue weighted by Crippen LogP contribution is -2.44. The van der Waals surface area contributed by atoms with Gasteiger partial charge in [0.25, 0.3) is 0 Å². The summed E-state index contributed by atoms with van der Waals surface area (Å²) in [5.41, 5.74) is 6.64. The molecule has 0 aromatic carbocycles. The number of aromatic nitrogens is 1. The van der Waals surface area contributed by atoms with Crippen molar-refractivity contribution in [2.45, 2.75) is 42.9 Å². The second-order valence-electron chi connectivity index (χ2n) is 5.88. The zero-order valence-electron chi connectivity index (χ0n) is 13.0. The Kier molecular flexibility index (Phi) is 5.17. The molecule has 0 spiro atoms. The number of rotatable bonds is 6. The lowest BCUT2D eigenvalue weighted by Gasteiger charge is -2.22. The van der Waals surface area contributed by atoms with Gasteiger partial charge in [-0.2, -0.15) is 0 Å². The summed E-state index contributed by atoms with van der Waals surface area (Å²) < 4.78 is 28.4. The van der Waals surface area contributed by atoms with Crippen molar-refractivity contribution in [3.63, 3.8) is 0 Å². The van der Waals surface area contributed by atoms with Crippen molar-refractivity contribution in [2.24, 2.45) is 11.7 Å². The standard InChI is InChI=1S/C15H21N3O2S3/c1-10-17-13(9-21-10)14-6-7-15(22-14)23(19,20)18-12(8-16)11-4-2-3-5-11/h6-7,9,11-12,18H,2-5,8,16H2,1H3. The molecule has 8 heteroatoms. The fraction of sp³-hybridized carbons (Fsp3) is 0.533. The number of thiophene rings is 1. The zero-order chi connectivity index (χ0) is 16.4. The molecule has 1 fully saturated rings. The van der Waals surface area contributed by atoms with Gasteiger partial charge in [0.05, 0.1) is 15.6 Å². The lowest BCUT2D eigenvalue weighted by atomic mass is 9.99. The molecule has 2 heterocycles. The van der Waals surface area contributed by atoms with Crippen LogP contribution in [-0.2, 0) is 10.0 Å². The molecule has 1 saturated carbocycles. The molecule has 0 saturated heterocycles. The zero-order valence-corrected chi connectivity index (χ0v) is 15.4. The average molecular weight is 372 g/mol. The molecule has 2 aromatic heterocycles. The van der Waals surface area contributed by atoms with Crippen LogP contribution in [0.25, 0.3) is 10.6 Å². The van der Waals surface area contributed by atoms with Gasteiger partial charge in [-0.25, -0.2) is 18.1 Å². The molecule has 23 heavy (non-hydrogen) atoms. The summed E-state index contributed by atoms with van der Waals surface area (Å²) in [6.45, 7) is 2.28. The van der Waals surface area contributed by atoms with Gasteiger partial charge in [-0.05, 0) is 37.8 Å². The second-order valence-corrected chi connectivity index (χ2v) is 9.97. The summed E-state index contributed by atoms with van der Waals surface area (Å²) >= 11 is 2.82. The Hall–Kier alpha value is -0.800. The quantitative estimate of drug-likeness (QED) is 0.817. The molecule has 0 radical (unpaired) electrons. The predicted octanol–water partition coefficient (Wildman–Crippen LogP) is 2.98. The van der Waals surface area contributed by atoms with Crippen LogP contribution < -0.4 is 10.5 Å². The van der Waals surface area contributed by atoms with E-state index in [1.165, 1.54) is 11.3 Å². The largest absolute Gasteiger partial charge is 0.329 e. The Morgan fingerprint density at radius 2 is 2.13 bits per heavy atom. The van der Waals surface area contributed by atoms with Crippen molar-refractivity contribution in [1.82, 2.24) is 9.71 Å². The third-order valence-electron chi connectivity index (χ3n) is 4.25. The number of nitrogens with one attached hydrogen (secondary N) is 1. The van der Waals surface area contributed by atoms with Gasteiger partial charge in [-0.15, -0.1) is 22.7 Å². The van der Waals surface area contributed by atoms with Gasteiger partial charge < -0.3 is 5.73 Å². The molecule has 1 aliphatic rings. The average Bonchev–Trinajstić information content (AvgIpc) is 3.24. The van der Waals surface area contributed by atoms with Crippen LogP contribution in [0.3, 0.4) is 0 Å². The van der Waals surface area contributed by atoms with E-state index in [2.05, 4.69) is 9.71 Å². The third kappa shape index (κ3) is 3.83. The van der Waals surface area contributed by atoms with Crippen molar-refractivity contribution < 1.29 is 8.42 Å². The van der Waals surface area contributed by atoms with Crippen molar-refractivity contribution >= 4 is 32.7 Å². The van der Waals surface area contributed by atoms with Gasteiger partial charge in [-0.1, -0.05) is 12.8 Å². The second kappa shape index (κ2) is 6.98. The Morgan fingerprint density at radius 3 is 2.74 bits per heavy atom. The monoisotopic (exact) mass is 371 g/mol. The molecule has 2 aromatic rings. The highest BCUT2D eigenvalue weighted by molar-refractivity contribution is 7.91. The Labute approximate surface area is 145 Å². The molecule has 0 bridgehead atoms. The maximum Gasteiger partial charge on any atom is 0.250 e. The van der Waals surface area contributed by atoms with Gasteiger partial charge in [-0.3, -0.25) is 0 Å². The van der Waals surface area contributed by atoms with E-state index in [1.807, 2.05) is 18.4 Å². The van der Waals surface area contributed by atoms with Crippen LogP contribution in [0.2, 0.25) is 0 Å². The molecule has 3 rings (SSSR count). The molecule has 3 N–H and O–H groups in total. The van der Waals surface area contributed by atoms with Crippen LogP contribution in [0.15, 0.2) is 21.7 Å². The fourth-order valence-electron chi connectivity index (χ4n) is 3.03. The predicted molar refractivity (Wildman–Crippen MR) is 95.3 cm³/mol. The van der Waals surface area contributed by atoms with Crippen LogP contribution >= 0.6 is 22.7 Å². The van der Waals surface area contributed by atoms with Crippen molar-refractivity contribution in [1.29, 1.82) is 0 Å². The van der Waals surface area contributed by atoms with Gasteiger partial charge in [0.2, 0.25) is 10.0 Å². The van der Waals surface area contributed by atoms with Gasteiger partial charge in [0.15, 0.2) is 0 Å². The molecule has 0 aliphatic heterocycles.